The van der Waals surface area contributed by atoms with Crippen LogP contribution in [0, 0.1) is 0 Å². The third kappa shape index (κ3) is 2.31. The average molecular weight is 241 g/mol. The number of aromatic nitrogens is 2. The van der Waals surface area contributed by atoms with Gasteiger partial charge in [-0.25, -0.2) is 0 Å². The summed E-state index contributed by atoms with van der Waals surface area (Å²) in [4.78, 5) is 0. The highest BCUT2D eigenvalue weighted by molar-refractivity contribution is 5.30. The van der Waals surface area contributed by atoms with Gasteiger partial charge in [-0.1, -0.05) is 24.3 Å². The predicted molar refractivity (Wildman–Crippen MR) is 72.4 cm³/mol. The van der Waals surface area contributed by atoms with Crippen LogP contribution in [0.15, 0.2) is 36.7 Å². The van der Waals surface area contributed by atoms with Crippen LogP contribution in [-0.2, 0) is 12.8 Å². The summed E-state index contributed by atoms with van der Waals surface area (Å²) in [6.07, 6.45) is 7.41. The zero-order valence-corrected chi connectivity index (χ0v) is 10.7. The fraction of sp³-hybridized carbons (Fsp3) is 0.400. The number of hydrogen-bond donors (Lipinski definition) is 2. The molecule has 0 radical (unpaired) electrons. The molecule has 0 spiro atoms. The lowest BCUT2D eigenvalue weighted by molar-refractivity contribution is 0.414. The van der Waals surface area contributed by atoms with Crippen molar-refractivity contribution in [2.75, 3.05) is 0 Å². The first-order valence-corrected chi connectivity index (χ1v) is 6.64. The van der Waals surface area contributed by atoms with Gasteiger partial charge in [-0.05, 0) is 37.3 Å². The summed E-state index contributed by atoms with van der Waals surface area (Å²) in [7, 11) is 0. The third-order valence-corrected chi connectivity index (χ3v) is 3.85. The molecule has 2 unspecified atom stereocenters. The number of hydrogen-bond acceptors (Lipinski definition) is 2. The van der Waals surface area contributed by atoms with Crippen molar-refractivity contribution in [3.63, 3.8) is 0 Å². The van der Waals surface area contributed by atoms with Crippen molar-refractivity contribution >= 4 is 0 Å². The predicted octanol–water partition coefficient (Wildman–Crippen LogP) is 2.62. The first-order valence-electron chi connectivity index (χ1n) is 6.64. The van der Waals surface area contributed by atoms with Gasteiger partial charge in [0, 0.05) is 23.8 Å². The highest BCUT2D eigenvalue weighted by Gasteiger charge is 2.20. The van der Waals surface area contributed by atoms with E-state index in [4.69, 9.17) is 0 Å². The quantitative estimate of drug-likeness (QED) is 0.867. The van der Waals surface area contributed by atoms with Crippen molar-refractivity contribution in [3.8, 4) is 0 Å². The molecule has 0 fully saturated rings. The van der Waals surface area contributed by atoms with Crippen LogP contribution in [0.1, 0.15) is 36.1 Å². The maximum atomic E-state index is 4.01. The van der Waals surface area contributed by atoms with Crippen LogP contribution in [0.4, 0.5) is 0 Å². The molecule has 1 aromatic carbocycles. The Bertz CT molecular complexity index is 504. The molecule has 2 atom stereocenters. The van der Waals surface area contributed by atoms with Crippen LogP contribution in [0.2, 0.25) is 0 Å². The number of fused-ring (bicyclic) bond motifs is 1. The Labute approximate surface area is 108 Å². The van der Waals surface area contributed by atoms with E-state index < -0.39 is 0 Å². The second-order valence-electron chi connectivity index (χ2n) is 5.13. The molecular formula is C15H19N3. The molecule has 3 nitrogen and oxygen atoms in total. The van der Waals surface area contributed by atoms with Crippen LogP contribution in [0.25, 0.3) is 0 Å². The molecule has 18 heavy (non-hydrogen) atoms. The smallest absolute Gasteiger partial charge is 0.0534 e. The van der Waals surface area contributed by atoms with Crippen molar-refractivity contribution < 1.29 is 0 Å². The van der Waals surface area contributed by atoms with E-state index in [-0.39, 0.29) is 0 Å². The van der Waals surface area contributed by atoms with Crippen LogP contribution < -0.4 is 5.32 Å². The molecule has 0 bridgehead atoms. The van der Waals surface area contributed by atoms with Gasteiger partial charge in [0.25, 0.3) is 0 Å². The van der Waals surface area contributed by atoms with Crippen LogP contribution >= 0.6 is 0 Å². The van der Waals surface area contributed by atoms with E-state index in [1.54, 1.807) is 0 Å². The lowest BCUT2D eigenvalue weighted by Crippen LogP contribution is -2.36. The maximum absolute atomic E-state index is 4.01. The monoisotopic (exact) mass is 241 g/mol. The average Bonchev–Trinajstić information content (AvgIpc) is 2.92. The molecule has 1 heterocycles. The number of rotatable bonds is 3. The summed E-state index contributed by atoms with van der Waals surface area (Å²) in [5, 5.41) is 10.6. The Morgan fingerprint density at radius 2 is 2.17 bits per heavy atom. The van der Waals surface area contributed by atoms with Gasteiger partial charge in [-0.2, -0.15) is 5.10 Å². The topological polar surface area (TPSA) is 40.7 Å². The van der Waals surface area contributed by atoms with E-state index >= 15 is 0 Å². The fourth-order valence-corrected chi connectivity index (χ4v) is 2.79. The van der Waals surface area contributed by atoms with Crippen LogP contribution in [-0.4, -0.2) is 16.2 Å². The van der Waals surface area contributed by atoms with Crippen LogP contribution in [0.5, 0.6) is 0 Å². The summed E-state index contributed by atoms with van der Waals surface area (Å²) in [6.45, 7) is 2.20. The van der Waals surface area contributed by atoms with Gasteiger partial charge in [-0.15, -0.1) is 0 Å². The highest BCUT2D eigenvalue weighted by Crippen LogP contribution is 2.23. The van der Waals surface area contributed by atoms with E-state index in [1.165, 1.54) is 29.5 Å². The molecule has 0 aliphatic heterocycles. The Kier molecular flexibility index (Phi) is 3.15. The van der Waals surface area contributed by atoms with E-state index in [2.05, 4.69) is 46.7 Å². The van der Waals surface area contributed by atoms with Crippen molar-refractivity contribution in [1.29, 1.82) is 0 Å². The molecule has 0 amide bonds. The Morgan fingerprint density at radius 1 is 1.33 bits per heavy atom. The van der Waals surface area contributed by atoms with Gasteiger partial charge >= 0.3 is 0 Å². The molecule has 94 valence electrons. The van der Waals surface area contributed by atoms with Gasteiger partial charge in [0.15, 0.2) is 0 Å². The number of benzene rings is 1. The summed E-state index contributed by atoms with van der Waals surface area (Å²) in [6, 6.07) is 9.72. The summed E-state index contributed by atoms with van der Waals surface area (Å²) < 4.78 is 0. The number of H-pyrrole nitrogens is 1. The second kappa shape index (κ2) is 4.94. The molecule has 1 aromatic heterocycles. The molecule has 3 rings (SSSR count). The molecule has 1 aliphatic rings. The largest absolute Gasteiger partial charge is 0.307 e. The van der Waals surface area contributed by atoms with Crippen LogP contribution in [0.3, 0.4) is 0 Å². The van der Waals surface area contributed by atoms with E-state index in [1.807, 2.05) is 12.4 Å². The minimum atomic E-state index is 0.360. The Morgan fingerprint density at radius 3 is 2.94 bits per heavy atom. The summed E-state index contributed by atoms with van der Waals surface area (Å²) >= 11 is 0. The maximum Gasteiger partial charge on any atom is 0.0534 e. The number of aromatic amines is 1. The molecule has 0 saturated heterocycles. The number of aryl methyl sites for hydroxylation is 1. The lowest BCUT2D eigenvalue weighted by Gasteiger charge is -2.28. The molecule has 2 N–H and O–H groups in total. The van der Waals surface area contributed by atoms with Gasteiger partial charge < -0.3 is 5.32 Å². The van der Waals surface area contributed by atoms with E-state index in [9.17, 15) is 0 Å². The molecule has 2 aromatic rings. The standard InChI is InChI=1S/C15H19N3/c1-11(14-9-16-17-10-14)18-15-7-6-12-4-2-3-5-13(12)8-15/h2-5,9-11,15,18H,6-8H2,1H3,(H,16,17). The number of nitrogens with one attached hydrogen (secondary N) is 2. The minimum absolute atomic E-state index is 0.360. The van der Waals surface area contributed by atoms with Gasteiger partial charge in [0.1, 0.15) is 0 Å². The SMILES string of the molecule is CC(NC1CCc2ccccc2C1)c1cn[nH]c1. The normalized spacial score (nSPS) is 20.4. The van der Waals surface area contributed by atoms with E-state index in [0.717, 1.165) is 6.42 Å². The molecule has 3 heteroatoms. The zero-order valence-electron chi connectivity index (χ0n) is 10.7. The van der Waals surface area contributed by atoms with Crippen molar-refractivity contribution in [1.82, 2.24) is 15.5 Å². The molecule has 1 aliphatic carbocycles. The summed E-state index contributed by atoms with van der Waals surface area (Å²) in [5.74, 6) is 0. The lowest BCUT2D eigenvalue weighted by atomic mass is 9.88. The highest BCUT2D eigenvalue weighted by atomic mass is 15.1. The second-order valence-corrected chi connectivity index (χ2v) is 5.13. The third-order valence-electron chi connectivity index (χ3n) is 3.85. The van der Waals surface area contributed by atoms with Crippen molar-refractivity contribution in [2.24, 2.45) is 0 Å². The fourth-order valence-electron chi connectivity index (χ4n) is 2.79. The minimum Gasteiger partial charge on any atom is -0.307 e. The van der Waals surface area contributed by atoms with Crippen molar-refractivity contribution in [2.45, 2.75) is 38.3 Å². The Hall–Kier alpha value is -1.61. The first-order chi connectivity index (χ1) is 8.83. The molecule has 0 saturated carbocycles. The molecular weight excluding hydrogens is 222 g/mol. The Balaban J connectivity index is 1.66. The van der Waals surface area contributed by atoms with Gasteiger partial charge in [0.2, 0.25) is 0 Å². The van der Waals surface area contributed by atoms with Gasteiger partial charge in [0.05, 0.1) is 6.20 Å². The van der Waals surface area contributed by atoms with Gasteiger partial charge in [-0.3, -0.25) is 5.10 Å². The first kappa shape index (κ1) is 11.5. The van der Waals surface area contributed by atoms with E-state index in [0.29, 0.717) is 12.1 Å². The summed E-state index contributed by atoms with van der Waals surface area (Å²) in [5.41, 5.74) is 4.25. The number of nitrogens with zero attached hydrogens (tertiary/aromatic N) is 1. The zero-order chi connectivity index (χ0) is 12.4. The van der Waals surface area contributed by atoms with Crippen molar-refractivity contribution in [3.05, 3.63) is 53.3 Å².